The molecule has 11 atom stereocenters. The predicted molar refractivity (Wildman–Crippen MR) is 286 cm³/mol. The summed E-state index contributed by atoms with van der Waals surface area (Å²) in [4.78, 5) is 28.6. The fraction of sp³-hybridized carbons (Fsp3) is 0.552. The molecule has 11 nitrogen and oxygen atoms in total. The molecule has 382 valence electrons. The molecule has 4 heterocycles. The van der Waals surface area contributed by atoms with Crippen LogP contribution >= 0.6 is 21.6 Å². The van der Waals surface area contributed by atoms with E-state index in [0.29, 0.717) is 92.2 Å². The lowest BCUT2D eigenvalue weighted by Gasteiger charge is -2.56. The van der Waals surface area contributed by atoms with Crippen molar-refractivity contribution in [3.05, 3.63) is 129 Å². The van der Waals surface area contributed by atoms with Gasteiger partial charge in [-0.05, 0) is 141 Å². The molecule has 2 saturated carbocycles. The molecule has 2 aliphatic carbocycles. The normalized spacial score (nSPS) is 33.9. The number of allylic oxidation sites excluding steroid dienone is 5. The molecule has 2 aromatic carbocycles. The van der Waals surface area contributed by atoms with Gasteiger partial charge in [-0.25, -0.2) is 0 Å². The number of likely N-dealkylation sites (N-methyl/N-ethyl adjacent to an activating group) is 1. The number of rotatable bonds is 3. The molecule has 71 heavy (non-hydrogen) atoms. The van der Waals surface area contributed by atoms with E-state index in [4.69, 9.17) is 10.5 Å². The molecule has 0 radical (unpaired) electrons. The summed E-state index contributed by atoms with van der Waals surface area (Å²) in [5, 5.41) is 59.0. The molecule has 1 spiro atoms. The SMILES string of the molecule is C=C1C=CC=C(C2CCC3(C4CCC(O)Cc5cccc(c5)CCC(O)CNC5C(=O)NC(N)c6cccc(c65)CC(=O)C(C)=C4CCC3(C)O)C2O)COC2C#CCC(=CCC1NCC)CCSSC2. The fourth-order valence-corrected chi connectivity index (χ4v) is 14.6. The Kier molecular flexibility index (Phi) is 18.1. The standard InChI is InChI=1S/C58H76N4O7S2/c1-5-60-50-23-19-38-11-8-16-45(35-71-70-29-26-38)69-34-42(15-6-10-36(50)2)47-25-28-58(54(47)66)49-22-21-43(63)31-40-13-7-12-39(30-40)18-20-44(64)33-61-53-52-41(14-9-17-48(52)55(59)62-56(53)67)32-51(65)37(3)46(49)24-27-57(58,4)68/h6-7,9-10,12-15,17,19,30,43-45,47,49-50,53-55,60-61,63-64,66,68H,2,5,11,18,20-29,31-35,59H2,1,3-4H3,(H,62,67). The van der Waals surface area contributed by atoms with Gasteiger partial charge in [-0.1, -0.05) is 125 Å². The Morgan fingerprint density at radius 1 is 1.00 bits per heavy atom. The van der Waals surface area contributed by atoms with E-state index in [9.17, 15) is 30.0 Å². The number of benzene rings is 2. The average molecular weight is 1010 g/mol. The molecule has 11 unspecified atom stereocenters. The predicted octanol–water partition coefficient (Wildman–Crippen LogP) is 7.35. The van der Waals surface area contributed by atoms with Crippen molar-refractivity contribution in [3.8, 4) is 11.8 Å². The van der Waals surface area contributed by atoms with Crippen molar-refractivity contribution in [2.24, 2.45) is 23.0 Å². The first-order valence-electron chi connectivity index (χ1n) is 26.0. The van der Waals surface area contributed by atoms with E-state index in [0.717, 1.165) is 53.0 Å². The van der Waals surface area contributed by atoms with Crippen LogP contribution in [0.5, 0.6) is 0 Å². The zero-order chi connectivity index (χ0) is 50.3. The van der Waals surface area contributed by atoms with E-state index < -0.39 is 47.5 Å². The first-order chi connectivity index (χ1) is 34.2. The number of aliphatic hydroxyl groups excluding tert-OH is 3. The summed E-state index contributed by atoms with van der Waals surface area (Å²) in [5.41, 5.74) is 12.9. The zero-order valence-electron chi connectivity index (χ0n) is 41.9. The van der Waals surface area contributed by atoms with Crippen LogP contribution in [0.1, 0.15) is 125 Å². The second-order valence-corrected chi connectivity index (χ2v) is 23.6. The number of carbonyl (C=O) groups is 2. The second kappa shape index (κ2) is 24.1. The summed E-state index contributed by atoms with van der Waals surface area (Å²) in [6.07, 6.45) is 11.6. The lowest BCUT2D eigenvalue weighted by Crippen LogP contribution is -2.59. The highest BCUT2D eigenvalue weighted by Crippen LogP contribution is 2.63. The van der Waals surface area contributed by atoms with Crippen LogP contribution in [0.4, 0.5) is 0 Å². The first-order valence-corrected chi connectivity index (χ1v) is 28.5. The fourth-order valence-electron chi connectivity index (χ4n) is 12.4. The molecule has 4 bridgehead atoms. The average Bonchev–Trinajstić information content (AvgIpc) is 3.69. The lowest BCUT2D eigenvalue weighted by atomic mass is 9.52. The maximum absolute atomic E-state index is 15.0. The van der Waals surface area contributed by atoms with E-state index in [-0.39, 0.29) is 49.3 Å². The highest BCUT2D eigenvalue weighted by molar-refractivity contribution is 8.76. The molecule has 1 amide bonds. The minimum atomic E-state index is -1.32. The Morgan fingerprint density at radius 3 is 2.65 bits per heavy atom. The van der Waals surface area contributed by atoms with Crippen LogP contribution in [0.25, 0.3) is 0 Å². The minimum absolute atomic E-state index is 0.00646. The van der Waals surface area contributed by atoms with Crippen LogP contribution in [0.2, 0.25) is 0 Å². The number of ether oxygens (including phenoxy) is 1. The van der Waals surface area contributed by atoms with Crippen LogP contribution in [-0.4, -0.2) is 99.4 Å². The number of hydrogen-bond acceptors (Lipinski definition) is 12. The van der Waals surface area contributed by atoms with Crippen LogP contribution < -0.4 is 21.7 Å². The lowest BCUT2D eigenvalue weighted by molar-refractivity contribution is -0.168. The third-order valence-electron chi connectivity index (χ3n) is 16.4. The number of aryl methyl sites for hydroxylation is 1. The van der Waals surface area contributed by atoms with Gasteiger partial charge in [0.1, 0.15) is 18.3 Å². The van der Waals surface area contributed by atoms with Gasteiger partial charge >= 0.3 is 0 Å². The largest absolute Gasteiger partial charge is 0.393 e. The third kappa shape index (κ3) is 12.3. The Bertz CT molecular complexity index is 2470. The molecule has 4 aliphatic heterocycles. The summed E-state index contributed by atoms with van der Waals surface area (Å²) >= 11 is 0. The van der Waals surface area contributed by atoms with Crippen LogP contribution in [-0.2, 0) is 33.6 Å². The maximum atomic E-state index is 15.0. The summed E-state index contributed by atoms with van der Waals surface area (Å²) in [6, 6.07) is 12.9. The summed E-state index contributed by atoms with van der Waals surface area (Å²) in [6.45, 7) is 11.5. The Morgan fingerprint density at radius 2 is 1.82 bits per heavy atom. The van der Waals surface area contributed by atoms with Gasteiger partial charge in [0.15, 0.2) is 5.78 Å². The van der Waals surface area contributed by atoms with Gasteiger partial charge in [-0.15, -0.1) is 0 Å². The van der Waals surface area contributed by atoms with E-state index in [1.165, 1.54) is 5.57 Å². The van der Waals surface area contributed by atoms with E-state index in [1.54, 1.807) is 10.8 Å². The molecular weight excluding hydrogens is 929 g/mol. The van der Waals surface area contributed by atoms with Crippen molar-refractivity contribution in [2.45, 2.75) is 153 Å². The van der Waals surface area contributed by atoms with E-state index in [2.05, 4.69) is 65.6 Å². The number of nitrogens with two attached hydrogens (primary N) is 1. The van der Waals surface area contributed by atoms with E-state index in [1.807, 2.05) is 67.1 Å². The second-order valence-electron chi connectivity index (χ2n) is 20.9. The Hall–Kier alpha value is -3.78. The third-order valence-corrected chi connectivity index (χ3v) is 18.8. The summed E-state index contributed by atoms with van der Waals surface area (Å²) in [7, 11) is 3.63. The topological polar surface area (TPSA) is 186 Å². The highest BCUT2D eigenvalue weighted by Gasteiger charge is 2.64. The van der Waals surface area contributed by atoms with Crippen molar-refractivity contribution in [2.75, 3.05) is 31.2 Å². The van der Waals surface area contributed by atoms with Gasteiger partial charge in [0, 0.05) is 48.3 Å². The number of aliphatic hydroxyl groups is 4. The van der Waals surface area contributed by atoms with Gasteiger partial charge in [0.2, 0.25) is 5.91 Å². The molecular formula is C58H76N4O7S2. The van der Waals surface area contributed by atoms with Gasteiger partial charge in [0.05, 0.1) is 30.5 Å². The Balaban J connectivity index is 1.18. The van der Waals surface area contributed by atoms with Crippen molar-refractivity contribution < 1.29 is 34.8 Å². The zero-order valence-corrected chi connectivity index (χ0v) is 43.5. The number of hydrogen-bond donors (Lipinski definition) is 8. The number of ketones is 1. The number of Topliss-reactive ketones (excluding diaryl/α,β-unsaturated/α-hetero) is 1. The first kappa shape index (κ1) is 53.5. The van der Waals surface area contributed by atoms with Crippen molar-refractivity contribution in [1.82, 2.24) is 16.0 Å². The van der Waals surface area contributed by atoms with Crippen LogP contribution in [0.3, 0.4) is 0 Å². The molecule has 0 saturated heterocycles. The van der Waals surface area contributed by atoms with Gasteiger partial charge in [-0.2, -0.15) is 0 Å². The molecule has 6 aliphatic rings. The molecule has 9 N–H and O–H groups in total. The van der Waals surface area contributed by atoms with Crippen LogP contribution in [0, 0.1) is 29.1 Å². The number of nitrogens with one attached hydrogen (secondary N) is 3. The molecule has 8 rings (SSSR count). The van der Waals surface area contributed by atoms with Crippen molar-refractivity contribution in [1.29, 1.82) is 0 Å². The quantitative estimate of drug-likeness (QED) is 0.0870. The summed E-state index contributed by atoms with van der Waals surface area (Å²) in [5.74, 6) is 7.33. The molecule has 0 aromatic heterocycles. The number of carbonyl (C=O) groups excluding carboxylic acids is 2. The molecule has 2 aromatic rings. The van der Waals surface area contributed by atoms with E-state index >= 15 is 0 Å². The molecule has 13 heteroatoms. The van der Waals surface area contributed by atoms with Crippen molar-refractivity contribution >= 4 is 33.3 Å². The number of β-amino-alcohol motifs (C(OH)–C–C–N with tert-alkyl or cyclic N) is 1. The van der Waals surface area contributed by atoms with Gasteiger partial charge in [-0.3, -0.25) is 14.9 Å². The van der Waals surface area contributed by atoms with Gasteiger partial charge < -0.3 is 41.5 Å². The highest BCUT2D eigenvalue weighted by atomic mass is 33.1. The number of fused-ring (bicyclic) bond motifs is 7. The maximum Gasteiger partial charge on any atom is 0.243 e. The molecule has 2 fully saturated rings. The monoisotopic (exact) mass is 1000 g/mol. The van der Waals surface area contributed by atoms with Crippen LogP contribution in [0.15, 0.2) is 101 Å². The smallest absolute Gasteiger partial charge is 0.243 e. The van der Waals surface area contributed by atoms with Crippen molar-refractivity contribution in [3.63, 3.8) is 0 Å². The van der Waals surface area contributed by atoms with Gasteiger partial charge in [0.25, 0.3) is 0 Å². The Labute approximate surface area is 429 Å². The summed E-state index contributed by atoms with van der Waals surface area (Å²) < 4.78 is 6.70. The number of amides is 1. The minimum Gasteiger partial charge on any atom is -0.393 e.